The fraction of sp³-hybridized carbons (Fsp3) is 0.500. The van der Waals surface area contributed by atoms with E-state index in [1.165, 1.54) is 6.20 Å². The van der Waals surface area contributed by atoms with Crippen molar-refractivity contribution in [3.05, 3.63) is 60.6 Å². The van der Waals surface area contributed by atoms with Crippen LogP contribution in [0.15, 0.2) is 70.6 Å². The lowest BCUT2D eigenvalue weighted by Crippen LogP contribution is -2.40. The largest absolute Gasteiger partial charge is 0.404 e. The van der Waals surface area contributed by atoms with Crippen molar-refractivity contribution in [1.82, 2.24) is 20.0 Å². The molecule has 2 rings (SSSR count). The number of nitrogens with two attached hydrogens (primary N) is 2. The fourth-order valence-corrected chi connectivity index (χ4v) is 4.34. The molecule has 0 aromatic rings. The zero-order valence-corrected chi connectivity index (χ0v) is 21.8. The van der Waals surface area contributed by atoms with Crippen LogP contribution in [0.2, 0.25) is 0 Å². The molecule has 0 atom stereocenters. The Labute approximate surface area is 210 Å². The minimum absolute atomic E-state index is 0.0885. The van der Waals surface area contributed by atoms with Crippen molar-refractivity contribution >= 4 is 17.6 Å². The summed E-state index contributed by atoms with van der Waals surface area (Å²) in [5.74, 6) is 1.91. The number of carbonyl (C=O) groups excluding carboxylic acids is 1. The van der Waals surface area contributed by atoms with Gasteiger partial charge in [-0.15, -0.1) is 0 Å². The summed E-state index contributed by atoms with van der Waals surface area (Å²) < 4.78 is 0. The molecule has 1 aliphatic heterocycles. The van der Waals surface area contributed by atoms with E-state index < -0.39 is 0 Å². The van der Waals surface area contributed by atoms with Gasteiger partial charge in [0.2, 0.25) is 0 Å². The standard InChI is InChI=1S/C26H42N8O/c1-7-14-33(15-8-2)24(9-3)29-18-23(28)30-19(4)31-25-20(17-27)16-22(26(35)32(5)6)34(25)21-12-10-11-13-21/h9,16-18,21,30H,3-4,7-8,10-15,27-28H2,1-2,5-6H3/b20-17-,23-18+,29-24+,31-25+. The molecular weight excluding hydrogens is 440 g/mol. The first kappa shape index (κ1) is 27.8. The van der Waals surface area contributed by atoms with Gasteiger partial charge in [0.05, 0.1) is 6.20 Å². The first-order chi connectivity index (χ1) is 16.8. The summed E-state index contributed by atoms with van der Waals surface area (Å²) in [7, 11) is 3.48. The monoisotopic (exact) mass is 482 g/mol. The second-order valence-corrected chi connectivity index (χ2v) is 8.93. The number of amides is 1. The van der Waals surface area contributed by atoms with Gasteiger partial charge in [0.1, 0.15) is 29.0 Å². The number of nitrogens with one attached hydrogen (secondary N) is 1. The Balaban J connectivity index is 2.27. The van der Waals surface area contributed by atoms with Crippen LogP contribution in [0, 0.1) is 0 Å². The normalized spacial score (nSPS) is 19.3. The van der Waals surface area contributed by atoms with Crippen molar-refractivity contribution in [3.63, 3.8) is 0 Å². The van der Waals surface area contributed by atoms with Crippen molar-refractivity contribution in [2.45, 2.75) is 58.4 Å². The lowest BCUT2D eigenvalue weighted by Gasteiger charge is -2.30. The summed E-state index contributed by atoms with van der Waals surface area (Å²) in [5, 5.41) is 3.00. The predicted octanol–water partition coefficient (Wildman–Crippen LogP) is 2.98. The molecule has 0 radical (unpaired) electrons. The maximum Gasteiger partial charge on any atom is 0.270 e. The molecule has 0 spiro atoms. The van der Waals surface area contributed by atoms with Gasteiger partial charge in [-0.3, -0.25) is 4.79 Å². The third-order valence-corrected chi connectivity index (χ3v) is 5.89. The summed E-state index contributed by atoms with van der Waals surface area (Å²) in [6.45, 7) is 14.0. The van der Waals surface area contributed by atoms with E-state index in [4.69, 9.17) is 16.5 Å². The summed E-state index contributed by atoms with van der Waals surface area (Å²) in [4.78, 5) is 27.9. The van der Waals surface area contributed by atoms with Gasteiger partial charge in [0, 0.05) is 45.0 Å². The van der Waals surface area contributed by atoms with E-state index in [-0.39, 0.29) is 11.9 Å². The van der Waals surface area contributed by atoms with E-state index in [2.05, 4.69) is 42.2 Å². The van der Waals surface area contributed by atoms with Gasteiger partial charge in [-0.2, -0.15) is 0 Å². The summed E-state index contributed by atoms with van der Waals surface area (Å²) in [6, 6.07) is 0.185. The molecule has 9 heteroatoms. The molecule has 1 heterocycles. The van der Waals surface area contributed by atoms with Crippen molar-refractivity contribution in [3.8, 4) is 0 Å². The van der Waals surface area contributed by atoms with E-state index in [0.29, 0.717) is 28.7 Å². The summed E-state index contributed by atoms with van der Waals surface area (Å²) in [6.07, 6.45) is 12.8. The Morgan fingerprint density at radius 3 is 2.40 bits per heavy atom. The Morgan fingerprint density at radius 2 is 1.89 bits per heavy atom. The molecule has 9 nitrogen and oxygen atoms in total. The van der Waals surface area contributed by atoms with E-state index in [0.717, 1.165) is 57.5 Å². The van der Waals surface area contributed by atoms with Crippen LogP contribution in [0.1, 0.15) is 52.4 Å². The topological polar surface area (TPSA) is 116 Å². The molecule has 0 saturated heterocycles. The average molecular weight is 483 g/mol. The van der Waals surface area contributed by atoms with Crippen molar-refractivity contribution < 1.29 is 4.79 Å². The van der Waals surface area contributed by atoms with Crippen LogP contribution in [0.5, 0.6) is 0 Å². The molecule has 192 valence electrons. The number of likely N-dealkylation sites (N-methyl/N-ethyl adjacent to an activating group) is 1. The second-order valence-electron chi connectivity index (χ2n) is 8.93. The molecule has 2 aliphatic rings. The zero-order valence-electron chi connectivity index (χ0n) is 21.8. The minimum atomic E-state index is -0.0885. The predicted molar refractivity (Wildman–Crippen MR) is 145 cm³/mol. The molecule has 5 N–H and O–H groups in total. The van der Waals surface area contributed by atoms with Gasteiger partial charge in [-0.1, -0.05) is 39.8 Å². The number of carbonyl (C=O) groups is 1. The highest BCUT2D eigenvalue weighted by atomic mass is 16.2. The first-order valence-corrected chi connectivity index (χ1v) is 12.4. The van der Waals surface area contributed by atoms with Gasteiger partial charge < -0.3 is 31.5 Å². The Hall–Kier alpha value is -3.49. The van der Waals surface area contributed by atoms with Crippen LogP contribution < -0.4 is 16.8 Å². The molecular formula is C26H42N8O. The van der Waals surface area contributed by atoms with E-state index in [1.54, 1.807) is 37.3 Å². The van der Waals surface area contributed by atoms with Crippen molar-refractivity contribution in [1.29, 1.82) is 0 Å². The molecule has 0 unspecified atom stereocenters. The quantitative estimate of drug-likeness (QED) is 0.308. The zero-order chi connectivity index (χ0) is 26.0. The second kappa shape index (κ2) is 13.4. The summed E-state index contributed by atoms with van der Waals surface area (Å²) >= 11 is 0. The van der Waals surface area contributed by atoms with Crippen LogP contribution in [-0.2, 0) is 4.79 Å². The van der Waals surface area contributed by atoms with E-state index in [9.17, 15) is 4.79 Å². The molecule has 35 heavy (non-hydrogen) atoms. The molecule has 1 fully saturated rings. The number of aliphatic imine (C=N–C) groups is 2. The molecule has 1 aliphatic carbocycles. The van der Waals surface area contributed by atoms with Crippen molar-refractivity contribution in [2.24, 2.45) is 21.5 Å². The lowest BCUT2D eigenvalue weighted by molar-refractivity contribution is -0.126. The van der Waals surface area contributed by atoms with E-state index >= 15 is 0 Å². The lowest BCUT2D eigenvalue weighted by atomic mass is 10.2. The Kier molecular flexibility index (Phi) is 10.6. The van der Waals surface area contributed by atoms with Crippen LogP contribution in [0.3, 0.4) is 0 Å². The van der Waals surface area contributed by atoms with Gasteiger partial charge in [0.25, 0.3) is 5.91 Å². The summed E-state index contributed by atoms with van der Waals surface area (Å²) in [5.41, 5.74) is 13.3. The number of rotatable bonds is 11. The van der Waals surface area contributed by atoms with Crippen LogP contribution in [0.25, 0.3) is 0 Å². The van der Waals surface area contributed by atoms with Gasteiger partial charge in [0.15, 0.2) is 0 Å². The highest BCUT2D eigenvalue weighted by Gasteiger charge is 2.37. The van der Waals surface area contributed by atoms with Crippen LogP contribution >= 0.6 is 0 Å². The number of hydrogen-bond acceptors (Lipinski definition) is 6. The van der Waals surface area contributed by atoms with Gasteiger partial charge in [-0.05, 0) is 37.8 Å². The smallest absolute Gasteiger partial charge is 0.270 e. The maximum absolute atomic E-state index is 12.9. The molecule has 1 saturated carbocycles. The SMILES string of the molecule is C=C/C(=N\C=C(/N)NC(=C)/N=C1\C(=C/N)C=C(C(=O)N(C)C)N1C1CCCC1)N(CCC)CCC. The average Bonchev–Trinajstić information content (AvgIpc) is 3.46. The Morgan fingerprint density at radius 1 is 1.26 bits per heavy atom. The molecule has 0 bridgehead atoms. The Bertz CT molecular complexity index is 929. The third kappa shape index (κ3) is 7.24. The fourth-order valence-electron chi connectivity index (χ4n) is 4.34. The minimum Gasteiger partial charge on any atom is -0.404 e. The molecule has 0 aromatic heterocycles. The van der Waals surface area contributed by atoms with Crippen molar-refractivity contribution in [2.75, 3.05) is 27.2 Å². The highest BCUT2D eigenvalue weighted by Crippen LogP contribution is 2.33. The third-order valence-electron chi connectivity index (χ3n) is 5.89. The van der Waals surface area contributed by atoms with Crippen LogP contribution in [0.4, 0.5) is 0 Å². The first-order valence-electron chi connectivity index (χ1n) is 12.4. The van der Waals surface area contributed by atoms with Gasteiger partial charge in [-0.25, -0.2) is 9.98 Å². The van der Waals surface area contributed by atoms with E-state index in [1.807, 2.05) is 4.90 Å². The number of hydrogen-bond donors (Lipinski definition) is 3. The molecule has 0 aromatic carbocycles. The molecule has 1 amide bonds. The maximum atomic E-state index is 12.9. The highest BCUT2D eigenvalue weighted by molar-refractivity contribution is 6.12. The van der Waals surface area contributed by atoms with Crippen LogP contribution in [-0.4, -0.2) is 65.5 Å². The number of nitrogens with zero attached hydrogens (tertiary/aromatic N) is 5. The van der Waals surface area contributed by atoms with Gasteiger partial charge >= 0.3 is 0 Å². The number of amidine groups is 2.